The van der Waals surface area contributed by atoms with Crippen LogP contribution in [0.5, 0.6) is 0 Å². The van der Waals surface area contributed by atoms with Gasteiger partial charge in [0, 0.05) is 12.4 Å². The standard InChI is InChI=1S/C14H19N3/c1-3-16-8-4-5-13(16)12-10-17-9-11(2)6-7-14(17)15-12/h6-7,9-10,13H,3-5,8H2,1-2H3. The van der Waals surface area contributed by atoms with E-state index in [-0.39, 0.29) is 0 Å². The van der Waals surface area contributed by atoms with Gasteiger partial charge in [-0.3, -0.25) is 4.90 Å². The molecule has 2 aromatic rings. The van der Waals surface area contributed by atoms with Crippen molar-refractivity contribution in [3.8, 4) is 0 Å². The molecule has 0 N–H and O–H groups in total. The normalized spacial score (nSPS) is 21.4. The molecule has 3 heteroatoms. The van der Waals surface area contributed by atoms with E-state index < -0.39 is 0 Å². The SMILES string of the molecule is CCN1CCCC1c1cn2cc(C)ccc2n1. The first-order valence-corrected chi connectivity index (χ1v) is 6.47. The lowest BCUT2D eigenvalue weighted by Gasteiger charge is -2.20. The number of hydrogen-bond donors (Lipinski definition) is 0. The first kappa shape index (κ1) is 10.8. The number of nitrogens with zero attached hydrogens (tertiary/aromatic N) is 3. The summed E-state index contributed by atoms with van der Waals surface area (Å²) in [6.45, 7) is 6.69. The molecule has 0 amide bonds. The summed E-state index contributed by atoms with van der Waals surface area (Å²) in [4.78, 5) is 7.28. The molecule has 1 saturated heterocycles. The molecule has 0 aromatic carbocycles. The minimum atomic E-state index is 0.528. The second kappa shape index (κ2) is 4.15. The van der Waals surface area contributed by atoms with E-state index in [1.165, 1.54) is 30.6 Å². The maximum atomic E-state index is 4.76. The van der Waals surface area contributed by atoms with Crippen molar-refractivity contribution in [2.24, 2.45) is 0 Å². The second-order valence-corrected chi connectivity index (χ2v) is 4.92. The molecular weight excluding hydrogens is 210 g/mol. The quantitative estimate of drug-likeness (QED) is 0.789. The zero-order valence-electron chi connectivity index (χ0n) is 10.6. The second-order valence-electron chi connectivity index (χ2n) is 4.92. The van der Waals surface area contributed by atoms with E-state index >= 15 is 0 Å². The fourth-order valence-electron chi connectivity index (χ4n) is 2.82. The monoisotopic (exact) mass is 229 g/mol. The Morgan fingerprint density at radius 3 is 3.06 bits per heavy atom. The summed E-state index contributed by atoms with van der Waals surface area (Å²) in [5.41, 5.74) is 3.57. The molecular formula is C14H19N3. The summed E-state index contributed by atoms with van der Waals surface area (Å²) in [6, 6.07) is 4.75. The number of imidazole rings is 1. The average Bonchev–Trinajstić information content (AvgIpc) is 2.93. The van der Waals surface area contributed by atoms with Crippen molar-refractivity contribution >= 4 is 5.65 Å². The minimum Gasteiger partial charge on any atom is -0.306 e. The number of pyridine rings is 1. The van der Waals surface area contributed by atoms with Gasteiger partial charge in [0.2, 0.25) is 0 Å². The molecule has 3 heterocycles. The summed E-state index contributed by atoms with van der Waals surface area (Å²) in [7, 11) is 0. The number of hydrogen-bond acceptors (Lipinski definition) is 2. The fraction of sp³-hybridized carbons (Fsp3) is 0.500. The van der Waals surface area contributed by atoms with Crippen molar-refractivity contribution < 1.29 is 0 Å². The van der Waals surface area contributed by atoms with Crippen LogP contribution in [0.1, 0.15) is 37.1 Å². The van der Waals surface area contributed by atoms with Crippen LogP contribution in [0.4, 0.5) is 0 Å². The molecule has 0 spiro atoms. The van der Waals surface area contributed by atoms with Crippen LogP contribution in [-0.2, 0) is 0 Å². The zero-order chi connectivity index (χ0) is 11.8. The van der Waals surface area contributed by atoms with Crippen molar-refractivity contribution in [1.82, 2.24) is 14.3 Å². The molecule has 2 aromatic heterocycles. The van der Waals surface area contributed by atoms with Crippen molar-refractivity contribution in [2.45, 2.75) is 32.7 Å². The lowest BCUT2D eigenvalue weighted by Crippen LogP contribution is -2.22. The Labute approximate surface area is 102 Å². The predicted octanol–water partition coefficient (Wildman–Crippen LogP) is 2.80. The molecule has 1 fully saturated rings. The van der Waals surface area contributed by atoms with Crippen LogP contribution >= 0.6 is 0 Å². The van der Waals surface area contributed by atoms with Crippen molar-refractivity contribution in [1.29, 1.82) is 0 Å². The molecule has 3 nitrogen and oxygen atoms in total. The highest BCUT2D eigenvalue weighted by Gasteiger charge is 2.26. The number of rotatable bonds is 2. The maximum absolute atomic E-state index is 4.76. The van der Waals surface area contributed by atoms with Gasteiger partial charge in [0.1, 0.15) is 5.65 Å². The van der Waals surface area contributed by atoms with E-state index in [1.54, 1.807) is 0 Å². The molecule has 1 atom stereocenters. The van der Waals surface area contributed by atoms with Crippen molar-refractivity contribution in [3.63, 3.8) is 0 Å². The lowest BCUT2D eigenvalue weighted by atomic mass is 10.1. The Morgan fingerprint density at radius 1 is 1.35 bits per heavy atom. The Kier molecular flexibility index (Phi) is 2.63. The Hall–Kier alpha value is -1.35. The molecule has 3 rings (SSSR count). The van der Waals surface area contributed by atoms with Crippen LogP contribution in [0.2, 0.25) is 0 Å². The van der Waals surface area contributed by atoms with Gasteiger partial charge in [-0.1, -0.05) is 13.0 Å². The molecule has 0 aliphatic carbocycles. The van der Waals surface area contributed by atoms with Crippen LogP contribution in [0.15, 0.2) is 24.5 Å². The van der Waals surface area contributed by atoms with Crippen LogP contribution in [0.3, 0.4) is 0 Å². The molecule has 1 aliphatic heterocycles. The third-order valence-corrected chi connectivity index (χ3v) is 3.73. The summed E-state index contributed by atoms with van der Waals surface area (Å²) in [5, 5.41) is 0. The largest absolute Gasteiger partial charge is 0.306 e. The molecule has 90 valence electrons. The highest BCUT2D eigenvalue weighted by molar-refractivity contribution is 5.41. The first-order chi connectivity index (χ1) is 8.28. The molecule has 0 bridgehead atoms. The Morgan fingerprint density at radius 2 is 2.24 bits per heavy atom. The third-order valence-electron chi connectivity index (χ3n) is 3.73. The van der Waals surface area contributed by atoms with Gasteiger partial charge in [-0.05, 0) is 44.5 Å². The minimum absolute atomic E-state index is 0.528. The molecule has 1 unspecified atom stereocenters. The number of aromatic nitrogens is 2. The zero-order valence-corrected chi connectivity index (χ0v) is 10.6. The lowest BCUT2D eigenvalue weighted by molar-refractivity contribution is 0.268. The van der Waals surface area contributed by atoms with Gasteiger partial charge < -0.3 is 4.40 Å². The van der Waals surface area contributed by atoms with Crippen molar-refractivity contribution in [2.75, 3.05) is 13.1 Å². The Balaban J connectivity index is 2.00. The fourth-order valence-corrected chi connectivity index (χ4v) is 2.82. The number of aryl methyl sites for hydroxylation is 1. The smallest absolute Gasteiger partial charge is 0.137 e. The molecule has 17 heavy (non-hydrogen) atoms. The summed E-state index contributed by atoms with van der Waals surface area (Å²) in [6.07, 6.45) is 6.89. The van der Waals surface area contributed by atoms with E-state index in [0.29, 0.717) is 6.04 Å². The van der Waals surface area contributed by atoms with Crippen LogP contribution < -0.4 is 0 Å². The van der Waals surface area contributed by atoms with E-state index in [0.717, 1.165) is 12.2 Å². The summed E-state index contributed by atoms with van der Waals surface area (Å²) >= 11 is 0. The van der Waals surface area contributed by atoms with Crippen LogP contribution in [-0.4, -0.2) is 27.4 Å². The van der Waals surface area contributed by atoms with Gasteiger partial charge in [0.15, 0.2) is 0 Å². The van der Waals surface area contributed by atoms with Crippen molar-refractivity contribution in [3.05, 3.63) is 35.8 Å². The third kappa shape index (κ3) is 1.84. The summed E-state index contributed by atoms with van der Waals surface area (Å²) < 4.78 is 2.15. The van der Waals surface area contributed by atoms with Crippen LogP contribution in [0.25, 0.3) is 5.65 Å². The van der Waals surface area contributed by atoms with E-state index in [2.05, 4.69) is 47.7 Å². The number of likely N-dealkylation sites (tertiary alicyclic amines) is 1. The molecule has 0 saturated carbocycles. The van der Waals surface area contributed by atoms with Gasteiger partial charge in [-0.2, -0.15) is 0 Å². The number of fused-ring (bicyclic) bond motifs is 1. The first-order valence-electron chi connectivity index (χ1n) is 6.47. The van der Waals surface area contributed by atoms with E-state index in [1.807, 2.05) is 0 Å². The predicted molar refractivity (Wildman–Crippen MR) is 69.2 cm³/mol. The summed E-state index contributed by atoms with van der Waals surface area (Å²) in [5.74, 6) is 0. The van der Waals surface area contributed by atoms with Gasteiger partial charge in [-0.25, -0.2) is 4.98 Å². The highest BCUT2D eigenvalue weighted by Crippen LogP contribution is 2.30. The average molecular weight is 229 g/mol. The highest BCUT2D eigenvalue weighted by atomic mass is 15.2. The van der Waals surface area contributed by atoms with Crippen LogP contribution in [0, 0.1) is 6.92 Å². The van der Waals surface area contributed by atoms with Gasteiger partial charge in [0.25, 0.3) is 0 Å². The Bertz CT molecular complexity index is 529. The van der Waals surface area contributed by atoms with Gasteiger partial charge in [0.05, 0.1) is 11.7 Å². The topological polar surface area (TPSA) is 20.5 Å². The maximum Gasteiger partial charge on any atom is 0.137 e. The van der Waals surface area contributed by atoms with Gasteiger partial charge in [-0.15, -0.1) is 0 Å². The van der Waals surface area contributed by atoms with E-state index in [9.17, 15) is 0 Å². The molecule has 1 aliphatic rings. The van der Waals surface area contributed by atoms with E-state index in [4.69, 9.17) is 4.98 Å². The van der Waals surface area contributed by atoms with Gasteiger partial charge >= 0.3 is 0 Å². The molecule has 0 radical (unpaired) electrons.